The first-order valence-corrected chi connectivity index (χ1v) is 10.1. The molecule has 1 aromatic heterocycles. The van der Waals surface area contributed by atoms with Crippen LogP contribution in [0.3, 0.4) is 0 Å². The zero-order chi connectivity index (χ0) is 17.3. The monoisotopic (exact) mass is 357 g/mol. The number of sulfone groups is 1. The van der Waals surface area contributed by atoms with Crippen molar-refractivity contribution in [3.8, 4) is 0 Å². The van der Waals surface area contributed by atoms with Gasteiger partial charge in [-0.05, 0) is 24.6 Å². The van der Waals surface area contributed by atoms with Crippen LogP contribution in [0, 0.1) is 6.92 Å². The van der Waals surface area contributed by atoms with Gasteiger partial charge in [-0.2, -0.15) is 0 Å². The minimum absolute atomic E-state index is 0.109. The molecule has 0 radical (unpaired) electrons. The number of sulfonamides is 1. The zero-order valence-corrected chi connectivity index (χ0v) is 14.8. The molecule has 8 heteroatoms. The number of benzene rings is 1. The number of hydrogen-bond acceptors (Lipinski definition) is 5. The van der Waals surface area contributed by atoms with Gasteiger partial charge in [-0.1, -0.05) is 29.8 Å². The molecule has 0 N–H and O–H groups in total. The molecule has 23 heavy (non-hydrogen) atoms. The lowest BCUT2D eigenvalue weighted by molar-refractivity contribution is 0.406. The molecule has 0 saturated carbocycles. The molecule has 6 nitrogen and oxygen atoms in total. The van der Waals surface area contributed by atoms with Crippen molar-refractivity contribution in [2.24, 2.45) is 0 Å². The quantitative estimate of drug-likeness (QED) is 0.789. The smallest absolute Gasteiger partial charge is 0.275 e. The minimum Gasteiger partial charge on any atom is -0.447 e. The van der Waals surface area contributed by atoms with Crippen LogP contribution < -0.4 is 0 Å². The molecule has 1 heterocycles. The average Bonchev–Trinajstić information content (AvgIpc) is 2.89. The largest absolute Gasteiger partial charge is 0.447 e. The Hall–Kier alpha value is -1.64. The molecule has 2 aromatic rings. The summed E-state index contributed by atoms with van der Waals surface area (Å²) in [5, 5.41) is -0.261. The summed E-state index contributed by atoms with van der Waals surface area (Å²) in [7, 11) is -4.40. The van der Waals surface area contributed by atoms with E-state index >= 15 is 0 Å². The van der Waals surface area contributed by atoms with E-state index in [4.69, 9.17) is 4.42 Å². The van der Waals surface area contributed by atoms with E-state index in [0.717, 1.165) is 9.87 Å². The van der Waals surface area contributed by atoms with E-state index < -0.39 is 19.9 Å². The second-order valence-corrected chi connectivity index (χ2v) is 9.67. The number of aryl methyl sites for hydroxylation is 1. The predicted molar refractivity (Wildman–Crippen MR) is 87.1 cm³/mol. The molecule has 0 aliphatic carbocycles. The van der Waals surface area contributed by atoms with Crippen LogP contribution >= 0.6 is 0 Å². The Kier molecular flexibility index (Phi) is 4.98. The van der Waals surface area contributed by atoms with E-state index in [1.165, 1.54) is 26.2 Å². The first-order chi connectivity index (χ1) is 10.6. The normalized spacial score (nSPS) is 12.7. The average molecular weight is 357 g/mol. The molecular formula is C15H19NO5S2. The first-order valence-electron chi connectivity index (χ1n) is 6.87. The van der Waals surface area contributed by atoms with Crippen molar-refractivity contribution >= 4 is 19.9 Å². The maximum absolute atomic E-state index is 12.2. The third kappa shape index (κ3) is 4.43. The van der Waals surface area contributed by atoms with Gasteiger partial charge in [0.1, 0.15) is 11.5 Å². The van der Waals surface area contributed by atoms with Crippen LogP contribution in [0.2, 0.25) is 0 Å². The Morgan fingerprint density at radius 2 is 1.52 bits per heavy atom. The summed E-state index contributed by atoms with van der Waals surface area (Å²) < 4.78 is 54.5. The van der Waals surface area contributed by atoms with Crippen LogP contribution in [0.25, 0.3) is 0 Å². The molecule has 126 valence electrons. The van der Waals surface area contributed by atoms with Gasteiger partial charge in [0.15, 0.2) is 9.84 Å². The maximum atomic E-state index is 12.2. The highest BCUT2D eigenvalue weighted by molar-refractivity contribution is 7.90. The first kappa shape index (κ1) is 17.7. The van der Waals surface area contributed by atoms with Crippen LogP contribution in [0.4, 0.5) is 0 Å². The highest BCUT2D eigenvalue weighted by Gasteiger charge is 2.23. The van der Waals surface area contributed by atoms with Gasteiger partial charge in [0.2, 0.25) is 5.09 Å². The van der Waals surface area contributed by atoms with Gasteiger partial charge < -0.3 is 4.42 Å². The summed E-state index contributed by atoms with van der Waals surface area (Å²) in [4.78, 5) is 0. The number of hydrogen-bond donors (Lipinski definition) is 0. The van der Waals surface area contributed by atoms with Crippen LogP contribution in [0.5, 0.6) is 0 Å². The van der Waals surface area contributed by atoms with Crippen LogP contribution in [0.15, 0.2) is 45.9 Å². The zero-order valence-electron chi connectivity index (χ0n) is 13.2. The summed E-state index contributed by atoms with van der Waals surface area (Å²) in [6, 6.07) is 9.86. The molecule has 0 aliphatic heterocycles. The number of furan rings is 1. The molecular weight excluding hydrogens is 338 g/mol. The third-order valence-electron chi connectivity index (χ3n) is 3.24. The maximum Gasteiger partial charge on any atom is 0.275 e. The van der Waals surface area contributed by atoms with Gasteiger partial charge in [0.05, 0.1) is 5.75 Å². The Bertz CT molecular complexity index is 878. The lowest BCUT2D eigenvalue weighted by atomic mass is 10.2. The molecule has 0 unspecified atom stereocenters. The lowest BCUT2D eigenvalue weighted by Gasteiger charge is -2.08. The van der Waals surface area contributed by atoms with Gasteiger partial charge in [-0.3, -0.25) is 0 Å². The third-order valence-corrected chi connectivity index (χ3v) is 6.43. The lowest BCUT2D eigenvalue weighted by Crippen LogP contribution is -2.21. The van der Waals surface area contributed by atoms with E-state index in [9.17, 15) is 16.8 Å². The summed E-state index contributed by atoms with van der Waals surface area (Å²) in [5.74, 6) is -0.356. The Morgan fingerprint density at radius 1 is 0.913 bits per heavy atom. The Morgan fingerprint density at radius 3 is 2.09 bits per heavy atom. The van der Waals surface area contributed by atoms with Gasteiger partial charge in [0.25, 0.3) is 10.0 Å². The van der Waals surface area contributed by atoms with Crippen molar-refractivity contribution in [1.29, 1.82) is 0 Å². The van der Waals surface area contributed by atoms with Crippen molar-refractivity contribution in [3.05, 3.63) is 53.3 Å². The van der Waals surface area contributed by atoms with Crippen molar-refractivity contribution in [1.82, 2.24) is 4.31 Å². The summed E-state index contributed by atoms with van der Waals surface area (Å²) in [6.07, 6.45) is 0. The Balaban J connectivity index is 2.15. The molecule has 0 saturated heterocycles. The standard InChI is InChI=1S/C15H19NO5S2/c1-12-4-6-13(7-5-12)10-22(17,18)11-14-8-9-15(21-14)23(19,20)16(2)3/h4-9H,10-11H2,1-3H3. The van der Waals surface area contributed by atoms with Crippen LogP contribution in [-0.4, -0.2) is 35.2 Å². The predicted octanol–water partition coefficient (Wildman–Crippen LogP) is 1.95. The fourth-order valence-corrected chi connectivity index (χ4v) is 4.16. The molecule has 0 fully saturated rings. The van der Waals surface area contributed by atoms with E-state index in [0.29, 0.717) is 5.56 Å². The van der Waals surface area contributed by atoms with Crippen molar-refractivity contribution in [2.75, 3.05) is 14.1 Å². The van der Waals surface area contributed by atoms with E-state index in [1.54, 1.807) is 12.1 Å². The summed E-state index contributed by atoms with van der Waals surface area (Å²) >= 11 is 0. The molecule has 0 aliphatic rings. The van der Waals surface area contributed by atoms with Crippen LogP contribution in [0.1, 0.15) is 16.9 Å². The van der Waals surface area contributed by atoms with E-state index in [1.807, 2.05) is 19.1 Å². The second kappa shape index (κ2) is 6.46. The van der Waals surface area contributed by atoms with E-state index in [-0.39, 0.29) is 22.4 Å². The van der Waals surface area contributed by atoms with E-state index in [2.05, 4.69) is 0 Å². The number of nitrogens with zero attached hydrogens (tertiary/aromatic N) is 1. The Labute approximate surface area is 136 Å². The summed E-state index contributed by atoms with van der Waals surface area (Å²) in [5.41, 5.74) is 1.74. The summed E-state index contributed by atoms with van der Waals surface area (Å²) in [6.45, 7) is 1.92. The second-order valence-electron chi connectivity index (χ2n) is 5.53. The van der Waals surface area contributed by atoms with Gasteiger partial charge in [-0.25, -0.2) is 21.1 Å². The fourth-order valence-electron chi connectivity index (χ4n) is 1.96. The topological polar surface area (TPSA) is 84.7 Å². The minimum atomic E-state index is -3.70. The molecule has 0 bridgehead atoms. The van der Waals surface area contributed by atoms with Gasteiger partial charge in [-0.15, -0.1) is 0 Å². The molecule has 2 rings (SSSR count). The van der Waals surface area contributed by atoms with Crippen LogP contribution in [-0.2, 0) is 31.4 Å². The van der Waals surface area contributed by atoms with Gasteiger partial charge >= 0.3 is 0 Å². The molecule has 0 atom stereocenters. The fraction of sp³-hybridized carbons (Fsp3) is 0.333. The number of rotatable bonds is 6. The highest BCUT2D eigenvalue weighted by atomic mass is 32.2. The molecule has 0 spiro atoms. The van der Waals surface area contributed by atoms with Gasteiger partial charge in [0, 0.05) is 14.1 Å². The molecule has 0 amide bonds. The SMILES string of the molecule is Cc1ccc(CS(=O)(=O)Cc2ccc(S(=O)(=O)N(C)C)o2)cc1. The van der Waals surface area contributed by atoms with Crippen molar-refractivity contribution in [3.63, 3.8) is 0 Å². The van der Waals surface area contributed by atoms with Crippen molar-refractivity contribution < 1.29 is 21.3 Å². The highest BCUT2D eigenvalue weighted by Crippen LogP contribution is 2.20. The molecule has 1 aromatic carbocycles. The van der Waals surface area contributed by atoms with Crippen molar-refractivity contribution in [2.45, 2.75) is 23.5 Å².